The third-order valence-corrected chi connectivity index (χ3v) is 3.40. The highest BCUT2D eigenvalue weighted by Gasteiger charge is 2.33. The molecule has 0 bridgehead atoms. The Bertz CT molecular complexity index is 443. The Kier molecular flexibility index (Phi) is 4.37. The minimum absolute atomic E-state index is 0.0317. The van der Waals surface area contributed by atoms with Gasteiger partial charge in [0.25, 0.3) is 5.91 Å². The molecular formula is C14H22N4O. The summed E-state index contributed by atoms with van der Waals surface area (Å²) in [6.07, 6.45) is 6.45. The summed E-state index contributed by atoms with van der Waals surface area (Å²) in [7, 11) is 0. The van der Waals surface area contributed by atoms with E-state index >= 15 is 0 Å². The molecule has 0 saturated heterocycles. The smallest absolute Gasteiger partial charge is 0.257 e. The Morgan fingerprint density at radius 3 is 2.89 bits per heavy atom. The van der Waals surface area contributed by atoms with Gasteiger partial charge in [0.1, 0.15) is 0 Å². The number of hydrazine groups is 1. The quantitative estimate of drug-likeness (QED) is 0.608. The van der Waals surface area contributed by atoms with E-state index in [-0.39, 0.29) is 5.91 Å². The van der Waals surface area contributed by atoms with Crippen molar-refractivity contribution in [3.8, 4) is 0 Å². The van der Waals surface area contributed by atoms with Crippen LogP contribution in [0, 0.1) is 5.92 Å². The summed E-state index contributed by atoms with van der Waals surface area (Å²) in [6.45, 7) is 5.15. The van der Waals surface area contributed by atoms with Crippen molar-refractivity contribution in [2.45, 2.75) is 39.2 Å². The maximum Gasteiger partial charge on any atom is 0.257 e. The first kappa shape index (κ1) is 13.8. The van der Waals surface area contributed by atoms with E-state index in [1.807, 2.05) is 4.90 Å². The van der Waals surface area contributed by atoms with Gasteiger partial charge in [0.05, 0.1) is 11.3 Å². The number of carbonyl (C=O) groups is 1. The number of nitrogen functional groups attached to an aromatic ring is 1. The Morgan fingerprint density at radius 1 is 1.58 bits per heavy atom. The predicted molar refractivity (Wildman–Crippen MR) is 75.6 cm³/mol. The molecule has 0 atom stereocenters. The number of nitrogens with one attached hydrogen (secondary N) is 1. The molecule has 104 valence electrons. The van der Waals surface area contributed by atoms with Crippen LogP contribution >= 0.6 is 0 Å². The molecule has 1 aromatic heterocycles. The summed E-state index contributed by atoms with van der Waals surface area (Å²) in [5, 5.41) is 0. The van der Waals surface area contributed by atoms with Crippen LogP contribution in [0.5, 0.6) is 0 Å². The average Bonchev–Trinajstić information content (AvgIpc) is 3.23. The molecule has 3 N–H and O–H groups in total. The number of anilines is 1. The van der Waals surface area contributed by atoms with Gasteiger partial charge in [0.2, 0.25) is 0 Å². The lowest BCUT2D eigenvalue weighted by atomic mass is 10.1. The molecule has 1 fully saturated rings. The Morgan fingerprint density at radius 2 is 2.32 bits per heavy atom. The summed E-state index contributed by atoms with van der Waals surface area (Å²) in [5.41, 5.74) is 3.76. The Hall–Kier alpha value is -1.62. The van der Waals surface area contributed by atoms with E-state index in [0.29, 0.717) is 23.2 Å². The zero-order valence-corrected chi connectivity index (χ0v) is 11.6. The van der Waals surface area contributed by atoms with Gasteiger partial charge in [-0.05, 0) is 31.2 Å². The molecule has 0 spiro atoms. The fourth-order valence-electron chi connectivity index (χ4n) is 2.08. The highest BCUT2D eigenvalue weighted by molar-refractivity contribution is 5.99. The molecule has 1 heterocycles. The van der Waals surface area contributed by atoms with Crippen LogP contribution in [-0.2, 0) is 0 Å². The van der Waals surface area contributed by atoms with Gasteiger partial charge >= 0.3 is 0 Å². The van der Waals surface area contributed by atoms with Gasteiger partial charge in [-0.2, -0.15) is 0 Å². The van der Waals surface area contributed by atoms with Gasteiger partial charge < -0.3 is 10.3 Å². The molecule has 2 rings (SSSR count). The predicted octanol–water partition coefficient (Wildman–Crippen LogP) is 2.02. The SMILES string of the molecule is CC(C)CCN(C(=O)c1cnccc1NN)C1CC1. The fraction of sp³-hybridized carbons (Fsp3) is 0.571. The lowest BCUT2D eigenvalue weighted by Crippen LogP contribution is -2.35. The third kappa shape index (κ3) is 3.44. The van der Waals surface area contributed by atoms with Crippen LogP contribution in [0.1, 0.15) is 43.5 Å². The van der Waals surface area contributed by atoms with E-state index in [0.717, 1.165) is 25.8 Å². The maximum absolute atomic E-state index is 12.6. The topological polar surface area (TPSA) is 71.2 Å². The summed E-state index contributed by atoms with van der Waals surface area (Å²) < 4.78 is 0. The van der Waals surface area contributed by atoms with Gasteiger partial charge in [-0.1, -0.05) is 13.8 Å². The van der Waals surface area contributed by atoms with Crippen molar-refractivity contribution in [3.05, 3.63) is 24.0 Å². The van der Waals surface area contributed by atoms with Crippen molar-refractivity contribution in [2.24, 2.45) is 11.8 Å². The Balaban J connectivity index is 2.14. The number of nitrogens with zero attached hydrogens (tertiary/aromatic N) is 2. The number of rotatable bonds is 6. The van der Waals surface area contributed by atoms with Crippen LogP contribution < -0.4 is 11.3 Å². The lowest BCUT2D eigenvalue weighted by molar-refractivity contribution is 0.0736. The lowest BCUT2D eigenvalue weighted by Gasteiger charge is -2.24. The van der Waals surface area contributed by atoms with E-state index in [1.54, 1.807) is 18.5 Å². The number of nitrogens with two attached hydrogens (primary N) is 1. The monoisotopic (exact) mass is 262 g/mol. The Labute approximate surface area is 114 Å². The van der Waals surface area contributed by atoms with Crippen LogP contribution in [0.25, 0.3) is 0 Å². The second-order valence-corrected chi connectivity index (χ2v) is 5.48. The number of pyridine rings is 1. The first-order chi connectivity index (χ1) is 9.13. The summed E-state index contributed by atoms with van der Waals surface area (Å²) in [4.78, 5) is 18.6. The van der Waals surface area contributed by atoms with Crippen molar-refractivity contribution in [1.29, 1.82) is 0 Å². The van der Waals surface area contributed by atoms with Crippen LogP contribution in [0.2, 0.25) is 0 Å². The highest BCUT2D eigenvalue weighted by atomic mass is 16.2. The maximum atomic E-state index is 12.6. The van der Waals surface area contributed by atoms with Gasteiger partial charge in [-0.25, -0.2) is 0 Å². The van der Waals surface area contributed by atoms with Crippen molar-refractivity contribution < 1.29 is 4.79 Å². The minimum Gasteiger partial charge on any atom is -0.336 e. The second-order valence-electron chi connectivity index (χ2n) is 5.48. The van der Waals surface area contributed by atoms with Crippen molar-refractivity contribution in [3.63, 3.8) is 0 Å². The average molecular weight is 262 g/mol. The minimum atomic E-state index is 0.0317. The van der Waals surface area contributed by atoms with E-state index in [4.69, 9.17) is 5.84 Å². The van der Waals surface area contributed by atoms with Crippen LogP contribution in [0.3, 0.4) is 0 Å². The van der Waals surface area contributed by atoms with E-state index < -0.39 is 0 Å². The number of hydrogen-bond acceptors (Lipinski definition) is 4. The van der Waals surface area contributed by atoms with Crippen LogP contribution in [0.15, 0.2) is 18.5 Å². The van der Waals surface area contributed by atoms with Gasteiger partial charge in [0.15, 0.2) is 0 Å². The zero-order chi connectivity index (χ0) is 13.8. The molecular weight excluding hydrogens is 240 g/mol. The van der Waals surface area contributed by atoms with Crippen molar-refractivity contribution >= 4 is 11.6 Å². The van der Waals surface area contributed by atoms with Gasteiger partial charge in [-0.15, -0.1) is 0 Å². The molecule has 0 aliphatic heterocycles. The first-order valence-electron chi connectivity index (χ1n) is 6.85. The molecule has 0 aromatic carbocycles. The van der Waals surface area contributed by atoms with E-state index in [1.165, 1.54) is 0 Å². The summed E-state index contributed by atoms with van der Waals surface area (Å²) in [5.74, 6) is 6.08. The number of aromatic nitrogens is 1. The number of hydrogen-bond donors (Lipinski definition) is 2. The van der Waals surface area contributed by atoms with Gasteiger partial charge in [-0.3, -0.25) is 15.6 Å². The van der Waals surface area contributed by atoms with Crippen molar-refractivity contribution in [1.82, 2.24) is 9.88 Å². The molecule has 1 saturated carbocycles. The molecule has 0 unspecified atom stereocenters. The molecule has 1 aliphatic rings. The normalized spacial score (nSPS) is 14.5. The summed E-state index contributed by atoms with van der Waals surface area (Å²) >= 11 is 0. The van der Waals surface area contributed by atoms with Crippen molar-refractivity contribution in [2.75, 3.05) is 12.0 Å². The van der Waals surface area contributed by atoms with E-state index in [9.17, 15) is 4.79 Å². The number of amides is 1. The largest absolute Gasteiger partial charge is 0.336 e. The molecule has 0 radical (unpaired) electrons. The standard InChI is InChI=1S/C14H22N4O/c1-10(2)6-8-18(11-3-4-11)14(19)12-9-16-7-5-13(12)17-15/h5,7,9-11H,3-4,6,8,15H2,1-2H3,(H,16,17). The number of carbonyl (C=O) groups excluding carboxylic acids is 1. The fourth-order valence-corrected chi connectivity index (χ4v) is 2.08. The molecule has 1 amide bonds. The van der Waals surface area contributed by atoms with Crippen LogP contribution in [-0.4, -0.2) is 28.4 Å². The van der Waals surface area contributed by atoms with E-state index in [2.05, 4.69) is 24.3 Å². The zero-order valence-electron chi connectivity index (χ0n) is 11.6. The first-order valence-corrected chi connectivity index (χ1v) is 6.85. The van der Waals surface area contributed by atoms with Gasteiger partial charge in [0, 0.05) is 25.0 Å². The second kappa shape index (κ2) is 6.02. The molecule has 5 heteroatoms. The summed E-state index contributed by atoms with van der Waals surface area (Å²) in [6, 6.07) is 2.12. The molecule has 1 aromatic rings. The molecule has 5 nitrogen and oxygen atoms in total. The molecule has 1 aliphatic carbocycles. The third-order valence-electron chi connectivity index (χ3n) is 3.40. The highest BCUT2D eigenvalue weighted by Crippen LogP contribution is 2.30. The molecule has 19 heavy (non-hydrogen) atoms. The van der Waals surface area contributed by atoms with Crippen LogP contribution in [0.4, 0.5) is 5.69 Å².